The SMILES string of the molecule is COc1cc(Cl)ccc1C1N(c2ccc(Cl)cc2)C=CN1N1CCCCC1. The fourth-order valence-electron chi connectivity index (χ4n) is 3.82. The molecule has 27 heavy (non-hydrogen) atoms. The molecule has 0 saturated carbocycles. The third-order valence-electron chi connectivity index (χ3n) is 5.15. The van der Waals surface area contributed by atoms with Gasteiger partial charge in [0.1, 0.15) is 11.9 Å². The van der Waals surface area contributed by atoms with Crippen molar-refractivity contribution in [2.75, 3.05) is 25.1 Å². The van der Waals surface area contributed by atoms with Crippen molar-refractivity contribution < 1.29 is 4.74 Å². The van der Waals surface area contributed by atoms with Crippen molar-refractivity contribution in [3.63, 3.8) is 0 Å². The summed E-state index contributed by atoms with van der Waals surface area (Å²) >= 11 is 12.3. The Hall–Kier alpha value is -1.88. The second-order valence-electron chi connectivity index (χ2n) is 6.84. The highest BCUT2D eigenvalue weighted by atomic mass is 35.5. The Morgan fingerprint density at radius 3 is 2.30 bits per heavy atom. The second kappa shape index (κ2) is 8.01. The zero-order valence-corrected chi connectivity index (χ0v) is 16.8. The van der Waals surface area contributed by atoms with Crippen molar-refractivity contribution in [3.05, 3.63) is 70.5 Å². The highest BCUT2D eigenvalue weighted by Crippen LogP contribution is 2.41. The van der Waals surface area contributed by atoms with Gasteiger partial charge in [-0.25, -0.2) is 5.01 Å². The summed E-state index contributed by atoms with van der Waals surface area (Å²) in [4.78, 5) is 2.25. The topological polar surface area (TPSA) is 19.0 Å². The summed E-state index contributed by atoms with van der Waals surface area (Å²) in [5.74, 6) is 0.789. The number of hydrazine groups is 1. The summed E-state index contributed by atoms with van der Waals surface area (Å²) < 4.78 is 5.67. The van der Waals surface area contributed by atoms with Gasteiger partial charge >= 0.3 is 0 Å². The number of hydrogen-bond donors (Lipinski definition) is 0. The van der Waals surface area contributed by atoms with Crippen molar-refractivity contribution >= 4 is 28.9 Å². The quantitative estimate of drug-likeness (QED) is 0.651. The standard InChI is InChI=1S/C21H23Cl2N3O/c1-27-20-15-17(23)7-10-19(20)21-25(18-8-5-16(22)6-9-18)13-14-26(21)24-11-3-2-4-12-24/h5-10,13-15,21H,2-4,11-12H2,1H3. The predicted molar refractivity (Wildman–Crippen MR) is 111 cm³/mol. The van der Waals surface area contributed by atoms with Gasteiger partial charge in [0.2, 0.25) is 0 Å². The summed E-state index contributed by atoms with van der Waals surface area (Å²) in [5.41, 5.74) is 2.16. The number of anilines is 1. The molecule has 0 N–H and O–H groups in total. The number of piperidine rings is 1. The fraction of sp³-hybridized carbons (Fsp3) is 0.333. The maximum absolute atomic E-state index is 6.21. The van der Waals surface area contributed by atoms with E-state index in [1.165, 1.54) is 19.3 Å². The Labute approximate surface area is 170 Å². The molecule has 2 aliphatic rings. The molecule has 0 spiro atoms. The number of hydrogen-bond acceptors (Lipinski definition) is 4. The normalized spacial score (nSPS) is 20.3. The maximum atomic E-state index is 6.21. The van der Waals surface area contributed by atoms with E-state index in [0.717, 1.165) is 35.1 Å². The van der Waals surface area contributed by atoms with E-state index in [1.54, 1.807) is 7.11 Å². The van der Waals surface area contributed by atoms with Crippen LogP contribution in [0.4, 0.5) is 5.69 Å². The van der Waals surface area contributed by atoms with Gasteiger partial charge in [-0.2, -0.15) is 0 Å². The molecule has 0 radical (unpaired) electrons. The first-order chi connectivity index (χ1) is 13.2. The van der Waals surface area contributed by atoms with E-state index in [0.29, 0.717) is 5.02 Å². The van der Waals surface area contributed by atoms with E-state index in [9.17, 15) is 0 Å². The van der Waals surface area contributed by atoms with Gasteiger partial charge in [0.15, 0.2) is 0 Å². The van der Waals surface area contributed by atoms with E-state index >= 15 is 0 Å². The van der Waals surface area contributed by atoms with Crippen molar-refractivity contribution in [3.8, 4) is 5.75 Å². The molecule has 142 valence electrons. The molecule has 6 heteroatoms. The van der Waals surface area contributed by atoms with Crippen molar-refractivity contribution in [2.24, 2.45) is 0 Å². The van der Waals surface area contributed by atoms with E-state index in [4.69, 9.17) is 27.9 Å². The maximum Gasteiger partial charge on any atom is 0.149 e. The summed E-state index contributed by atoms with van der Waals surface area (Å²) in [7, 11) is 1.69. The third kappa shape index (κ3) is 3.75. The van der Waals surface area contributed by atoms with Gasteiger partial charge < -0.3 is 9.64 Å². The summed E-state index contributed by atoms with van der Waals surface area (Å²) in [6.07, 6.45) is 7.97. The van der Waals surface area contributed by atoms with Gasteiger partial charge in [0.05, 0.1) is 7.11 Å². The molecule has 2 aliphatic heterocycles. The molecule has 4 nitrogen and oxygen atoms in total. The number of halogens is 2. The summed E-state index contributed by atoms with van der Waals surface area (Å²) in [6, 6.07) is 13.8. The molecule has 0 amide bonds. The molecule has 2 aromatic carbocycles. The number of rotatable bonds is 4. The average Bonchev–Trinajstić information content (AvgIpc) is 3.14. The molecule has 0 bridgehead atoms. The first-order valence-corrected chi connectivity index (χ1v) is 10.0. The summed E-state index contributed by atoms with van der Waals surface area (Å²) in [5, 5.41) is 6.15. The Morgan fingerprint density at radius 2 is 1.59 bits per heavy atom. The number of nitrogens with zero attached hydrogens (tertiary/aromatic N) is 3. The van der Waals surface area contributed by atoms with Crippen LogP contribution in [0.3, 0.4) is 0 Å². The van der Waals surface area contributed by atoms with E-state index < -0.39 is 0 Å². The van der Waals surface area contributed by atoms with Crippen LogP contribution in [0.2, 0.25) is 10.0 Å². The molecular formula is C21H23Cl2N3O. The molecule has 0 aliphatic carbocycles. The van der Waals surface area contributed by atoms with Crippen LogP contribution in [0.1, 0.15) is 31.0 Å². The van der Waals surface area contributed by atoms with Crippen molar-refractivity contribution in [2.45, 2.75) is 25.4 Å². The lowest BCUT2D eigenvalue weighted by atomic mass is 10.1. The molecule has 1 unspecified atom stereocenters. The number of ether oxygens (including phenoxy) is 1. The molecule has 0 aromatic heterocycles. The Bertz CT molecular complexity index is 819. The Kier molecular flexibility index (Phi) is 5.48. The van der Waals surface area contributed by atoms with Crippen molar-refractivity contribution in [1.29, 1.82) is 0 Å². The average molecular weight is 404 g/mol. The van der Waals surface area contributed by atoms with Crippen LogP contribution in [-0.2, 0) is 0 Å². The van der Waals surface area contributed by atoms with Crippen LogP contribution < -0.4 is 9.64 Å². The zero-order valence-electron chi connectivity index (χ0n) is 15.3. The third-order valence-corrected chi connectivity index (χ3v) is 5.64. The van der Waals surface area contributed by atoms with E-state index in [1.807, 2.05) is 36.4 Å². The van der Waals surface area contributed by atoms with Gasteiger partial charge in [-0.15, -0.1) is 0 Å². The first kappa shape index (κ1) is 18.5. The minimum atomic E-state index is -0.0310. The number of benzene rings is 2. The largest absolute Gasteiger partial charge is 0.496 e. The molecular weight excluding hydrogens is 381 g/mol. The molecule has 2 heterocycles. The monoisotopic (exact) mass is 403 g/mol. The fourth-order valence-corrected chi connectivity index (χ4v) is 4.11. The highest BCUT2D eigenvalue weighted by molar-refractivity contribution is 6.31. The highest BCUT2D eigenvalue weighted by Gasteiger charge is 2.35. The van der Waals surface area contributed by atoms with Crippen LogP contribution >= 0.6 is 23.2 Å². The van der Waals surface area contributed by atoms with E-state index in [2.05, 4.69) is 33.4 Å². The van der Waals surface area contributed by atoms with E-state index in [-0.39, 0.29) is 6.17 Å². The van der Waals surface area contributed by atoms with Crippen LogP contribution in [0, 0.1) is 0 Å². The Balaban J connectivity index is 1.75. The number of methoxy groups -OCH3 is 1. The first-order valence-electron chi connectivity index (χ1n) is 9.26. The summed E-state index contributed by atoms with van der Waals surface area (Å²) in [6.45, 7) is 2.12. The Morgan fingerprint density at radius 1 is 0.889 bits per heavy atom. The minimum absolute atomic E-state index is 0.0310. The van der Waals surface area contributed by atoms with Crippen LogP contribution in [0.25, 0.3) is 0 Å². The lowest BCUT2D eigenvalue weighted by Crippen LogP contribution is -2.45. The molecule has 2 aromatic rings. The predicted octanol–water partition coefficient (Wildman–Crippen LogP) is 5.69. The van der Waals surface area contributed by atoms with Gasteiger partial charge in [0.25, 0.3) is 0 Å². The molecule has 1 saturated heterocycles. The minimum Gasteiger partial charge on any atom is -0.496 e. The lowest BCUT2D eigenvalue weighted by Gasteiger charge is -2.41. The van der Waals surface area contributed by atoms with Gasteiger partial charge in [0, 0.05) is 46.8 Å². The van der Waals surface area contributed by atoms with Crippen LogP contribution in [0.15, 0.2) is 54.9 Å². The van der Waals surface area contributed by atoms with Gasteiger partial charge in [-0.05, 0) is 55.3 Å². The van der Waals surface area contributed by atoms with Gasteiger partial charge in [-0.1, -0.05) is 29.6 Å². The zero-order chi connectivity index (χ0) is 18.8. The molecule has 1 atom stereocenters. The lowest BCUT2D eigenvalue weighted by molar-refractivity contribution is -0.0219. The molecule has 1 fully saturated rings. The van der Waals surface area contributed by atoms with Crippen LogP contribution in [0.5, 0.6) is 5.75 Å². The van der Waals surface area contributed by atoms with Crippen LogP contribution in [-0.4, -0.2) is 30.2 Å². The van der Waals surface area contributed by atoms with Crippen molar-refractivity contribution in [1.82, 2.24) is 10.0 Å². The molecule has 4 rings (SSSR count). The smallest absolute Gasteiger partial charge is 0.149 e. The second-order valence-corrected chi connectivity index (χ2v) is 7.71. The van der Waals surface area contributed by atoms with Gasteiger partial charge in [-0.3, -0.25) is 5.01 Å².